The third-order valence-corrected chi connectivity index (χ3v) is 3.07. The first-order valence-electron chi connectivity index (χ1n) is 5.39. The first-order valence-corrected chi connectivity index (χ1v) is 5.39. The van der Waals surface area contributed by atoms with Crippen molar-refractivity contribution in [1.29, 1.82) is 0 Å². The van der Waals surface area contributed by atoms with Gasteiger partial charge >= 0.3 is 0 Å². The van der Waals surface area contributed by atoms with Gasteiger partial charge in [0.05, 0.1) is 0 Å². The summed E-state index contributed by atoms with van der Waals surface area (Å²) >= 11 is 0. The summed E-state index contributed by atoms with van der Waals surface area (Å²) in [7, 11) is 0. The smallest absolute Gasteiger partial charge is 0.166 e. The molecule has 0 aliphatic heterocycles. The summed E-state index contributed by atoms with van der Waals surface area (Å²) < 4.78 is 13.1. The molecule has 1 aromatic carbocycles. The summed E-state index contributed by atoms with van der Waals surface area (Å²) in [5.41, 5.74) is 1.33. The molecule has 2 rings (SSSR count). The molecule has 0 bridgehead atoms. The number of hydrogen-bond donors (Lipinski definition) is 0. The molecular formula is C13H15FO. The molecule has 1 fully saturated rings. The number of hydrogen-bond acceptors (Lipinski definition) is 1. The molecule has 2 heteroatoms. The molecule has 1 saturated carbocycles. The van der Waals surface area contributed by atoms with Crippen molar-refractivity contribution in [2.24, 2.45) is 11.8 Å². The molecule has 0 radical (unpaired) electrons. The van der Waals surface area contributed by atoms with E-state index in [0.29, 0.717) is 11.5 Å². The van der Waals surface area contributed by atoms with Crippen LogP contribution in [0.3, 0.4) is 0 Å². The van der Waals surface area contributed by atoms with E-state index in [1.54, 1.807) is 6.07 Å². The van der Waals surface area contributed by atoms with Gasteiger partial charge in [-0.25, -0.2) is 4.39 Å². The second-order valence-corrected chi connectivity index (χ2v) is 4.51. The molecular weight excluding hydrogens is 191 g/mol. The fraction of sp³-hybridized carbons (Fsp3) is 0.462. The molecule has 1 aliphatic rings. The SMILES string of the molecule is Cc1cc(F)cc(C(=O)C(C)C2CC2)c1. The molecule has 0 N–H and O–H groups in total. The third-order valence-electron chi connectivity index (χ3n) is 3.07. The Bertz CT molecular complexity index is 373. The summed E-state index contributed by atoms with van der Waals surface area (Å²) in [6.07, 6.45) is 2.28. The number of aryl methyl sites for hydroxylation is 1. The lowest BCUT2D eigenvalue weighted by Gasteiger charge is -2.09. The molecule has 1 aromatic rings. The molecule has 0 heterocycles. The number of carbonyl (C=O) groups is 1. The zero-order valence-electron chi connectivity index (χ0n) is 9.09. The molecule has 80 valence electrons. The van der Waals surface area contributed by atoms with E-state index in [4.69, 9.17) is 0 Å². The number of ketones is 1. The molecule has 0 spiro atoms. The summed E-state index contributed by atoms with van der Waals surface area (Å²) in [5.74, 6) is 0.341. The maximum atomic E-state index is 13.1. The van der Waals surface area contributed by atoms with E-state index >= 15 is 0 Å². The van der Waals surface area contributed by atoms with E-state index in [-0.39, 0.29) is 17.5 Å². The molecule has 1 unspecified atom stereocenters. The zero-order valence-corrected chi connectivity index (χ0v) is 9.09. The van der Waals surface area contributed by atoms with Crippen molar-refractivity contribution in [3.05, 3.63) is 35.1 Å². The average Bonchev–Trinajstić information content (AvgIpc) is 2.97. The zero-order chi connectivity index (χ0) is 11.0. The maximum absolute atomic E-state index is 13.1. The lowest BCUT2D eigenvalue weighted by atomic mass is 9.94. The van der Waals surface area contributed by atoms with Crippen LogP contribution in [0.25, 0.3) is 0 Å². The van der Waals surface area contributed by atoms with Crippen molar-refractivity contribution < 1.29 is 9.18 Å². The lowest BCUT2D eigenvalue weighted by Crippen LogP contribution is -2.13. The molecule has 15 heavy (non-hydrogen) atoms. The molecule has 0 amide bonds. The Hall–Kier alpha value is -1.18. The first kappa shape index (κ1) is 10.3. The Kier molecular flexibility index (Phi) is 2.59. The standard InChI is InChI=1S/C13H15FO/c1-8-5-11(7-12(14)6-8)13(15)9(2)10-3-4-10/h5-7,9-10H,3-4H2,1-2H3. The van der Waals surface area contributed by atoms with E-state index in [1.807, 2.05) is 13.8 Å². The van der Waals surface area contributed by atoms with Crippen LogP contribution in [-0.2, 0) is 0 Å². The van der Waals surface area contributed by atoms with E-state index in [0.717, 1.165) is 18.4 Å². The Morgan fingerprint density at radius 1 is 1.40 bits per heavy atom. The molecule has 0 saturated heterocycles. The van der Waals surface area contributed by atoms with E-state index in [1.165, 1.54) is 12.1 Å². The largest absolute Gasteiger partial charge is 0.294 e. The van der Waals surface area contributed by atoms with Gasteiger partial charge < -0.3 is 0 Å². The Morgan fingerprint density at radius 2 is 2.07 bits per heavy atom. The minimum absolute atomic E-state index is 0.0474. The lowest BCUT2D eigenvalue weighted by molar-refractivity contribution is 0.0915. The van der Waals surface area contributed by atoms with Gasteiger partial charge in [0.15, 0.2) is 5.78 Å². The van der Waals surface area contributed by atoms with E-state index < -0.39 is 0 Å². The summed E-state index contributed by atoms with van der Waals surface area (Å²) in [6, 6.07) is 4.55. The second-order valence-electron chi connectivity index (χ2n) is 4.51. The summed E-state index contributed by atoms with van der Waals surface area (Å²) in [5, 5.41) is 0. The van der Waals surface area contributed by atoms with Gasteiger partial charge in [-0.3, -0.25) is 4.79 Å². The van der Waals surface area contributed by atoms with Crippen molar-refractivity contribution in [3.63, 3.8) is 0 Å². The monoisotopic (exact) mass is 206 g/mol. The van der Waals surface area contributed by atoms with Gasteiger partial charge in [-0.05, 0) is 49.4 Å². The van der Waals surface area contributed by atoms with Gasteiger partial charge in [-0.1, -0.05) is 6.92 Å². The van der Waals surface area contributed by atoms with Crippen LogP contribution < -0.4 is 0 Å². The number of halogens is 1. The number of Topliss-reactive ketones (excluding diaryl/α,β-unsaturated/α-hetero) is 1. The minimum Gasteiger partial charge on any atom is -0.294 e. The van der Waals surface area contributed by atoms with Crippen molar-refractivity contribution in [2.45, 2.75) is 26.7 Å². The predicted molar refractivity (Wildman–Crippen MR) is 57.4 cm³/mol. The van der Waals surface area contributed by atoms with Crippen LogP contribution in [0.15, 0.2) is 18.2 Å². The Balaban J connectivity index is 2.24. The minimum atomic E-state index is -0.318. The molecule has 0 aromatic heterocycles. The maximum Gasteiger partial charge on any atom is 0.166 e. The fourth-order valence-corrected chi connectivity index (χ4v) is 1.95. The highest BCUT2D eigenvalue weighted by atomic mass is 19.1. The van der Waals surface area contributed by atoms with Crippen molar-refractivity contribution >= 4 is 5.78 Å². The predicted octanol–water partition coefficient (Wildman–Crippen LogP) is 3.36. The molecule has 1 atom stereocenters. The van der Waals surface area contributed by atoms with Gasteiger partial charge in [-0.15, -0.1) is 0 Å². The van der Waals surface area contributed by atoms with Crippen molar-refractivity contribution in [3.8, 4) is 0 Å². The van der Waals surface area contributed by atoms with Crippen LogP contribution in [0.1, 0.15) is 35.7 Å². The Morgan fingerprint density at radius 3 is 2.60 bits per heavy atom. The highest BCUT2D eigenvalue weighted by molar-refractivity contribution is 5.98. The first-order chi connectivity index (χ1) is 7.08. The normalized spacial score (nSPS) is 17.5. The highest BCUT2D eigenvalue weighted by Crippen LogP contribution is 2.38. The summed E-state index contributed by atoms with van der Waals surface area (Å²) in [4.78, 5) is 12.0. The fourth-order valence-electron chi connectivity index (χ4n) is 1.95. The third kappa shape index (κ3) is 2.25. The van der Waals surface area contributed by atoms with Gasteiger partial charge in [-0.2, -0.15) is 0 Å². The summed E-state index contributed by atoms with van der Waals surface area (Å²) in [6.45, 7) is 3.75. The number of carbonyl (C=O) groups excluding carboxylic acids is 1. The van der Waals surface area contributed by atoms with Crippen molar-refractivity contribution in [1.82, 2.24) is 0 Å². The van der Waals surface area contributed by atoms with Gasteiger partial charge in [0.2, 0.25) is 0 Å². The highest BCUT2D eigenvalue weighted by Gasteiger charge is 2.33. The van der Waals surface area contributed by atoms with E-state index in [9.17, 15) is 9.18 Å². The Labute approximate surface area is 89.3 Å². The van der Waals surface area contributed by atoms with Crippen LogP contribution in [0.5, 0.6) is 0 Å². The number of benzene rings is 1. The van der Waals surface area contributed by atoms with Crippen LogP contribution in [-0.4, -0.2) is 5.78 Å². The van der Waals surface area contributed by atoms with Gasteiger partial charge in [0.25, 0.3) is 0 Å². The van der Waals surface area contributed by atoms with Crippen LogP contribution in [0, 0.1) is 24.6 Å². The molecule has 1 aliphatic carbocycles. The number of rotatable bonds is 3. The van der Waals surface area contributed by atoms with Crippen molar-refractivity contribution in [2.75, 3.05) is 0 Å². The topological polar surface area (TPSA) is 17.1 Å². The second kappa shape index (κ2) is 3.76. The van der Waals surface area contributed by atoms with E-state index in [2.05, 4.69) is 0 Å². The van der Waals surface area contributed by atoms with Gasteiger partial charge in [0.1, 0.15) is 5.82 Å². The quantitative estimate of drug-likeness (QED) is 0.693. The van der Waals surface area contributed by atoms with Crippen LogP contribution in [0.2, 0.25) is 0 Å². The van der Waals surface area contributed by atoms with Crippen LogP contribution in [0.4, 0.5) is 4.39 Å². The van der Waals surface area contributed by atoms with Gasteiger partial charge in [0, 0.05) is 11.5 Å². The van der Waals surface area contributed by atoms with Crippen LogP contribution >= 0.6 is 0 Å². The average molecular weight is 206 g/mol. The molecule has 1 nitrogen and oxygen atoms in total.